The number of rotatable bonds is 10. The summed E-state index contributed by atoms with van der Waals surface area (Å²) >= 11 is 6.51. The van der Waals surface area contributed by atoms with Crippen molar-refractivity contribution in [3.05, 3.63) is 57.6 Å². The van der Waals surface area contributed by atoms with E-state index in [2.05, 4.69) is 41.2 Å². The Morgan fingerprint density at radius 2 is 1.79 bits per heavy atom. The number of nitrogens with one attached hydrogen (secondary N) is 4. The molecule has 0 fully saturated rings. The Bertz CT molecular complexity index is 1310. The summed E-state index contributed by atoms with van der Waals surface area (Å²) in [6.07, 6.45) is -0.595. The summed E-state index contributed by atoms with van der Waals surface area (Å²) in [4.78, 5) is 53.7. The van der Waals surface area contributed by atoms with Crippen LogP contribution in [0.25, 0.3) is 0 Å². The standard InChI is InChI=1S/C23H24ClF3N8O3S/c1-12(34-20(37)16-9-15(32-11-33-16)19(36)29-6-3-5-28-2)22-30-7-4-17(39-22)21(38)35-18-8-13(23(25,26)27)14(24)10-31-18/h4,8-12,28H,3,5-7H2,1-2H3,(H,29,36)(H,34,37)(H,31,35,38)/t12-/m1/s1. The van der Waals surface area contributed by atoms with Gasteiger partial charge in [0.2, 0.25) is 0 Å². The molecule has 2 aromatic heterocycles. The zero-order valence-corrected chi connectivity index (χ0v) is 22.3. The predicted octanol–water partition coefficient (Wildman–Crippen LogP) is 2.67. The molecule has 1 atom stereocenters. The number of hydrogen-bond donors (Lipinski definition) is 4. The van der Waals surface area contributed by atoms with E-state index >= 15 is 0 Å². The second kappa shape index (κ2) is 13.5. The highest BCUT2D eigenvalue weighted by Crippen LogP contribution is 2.35. The van der Waals surface area contributed by atoms with Crippen molar-refractivity contribution in [3.8, 4) is 0 Å². The average Bonchev–Trinajstić information content (AvgIpc) is 2.91. The molecule has 16 heteroatoms. The second-order valence-electron chi connectivity index (χ2n) is 8.05. The SMILES string of the molecule is CNCCCNC(=O)c1cc(C(=O)N[C@H](C)C2=NCC=C(C(=O)Nc3cc(C(F)(F)F)c(Cl)cn3)S2)ncn1. The molecule has 208 valence electrons. The van der Waals surface area contributed by atoms with Crippen molar-refractivity contribution in [2.75, 3.05) is 32.0 Å². The summed E-state index contributed by atoms with van der Waals surface area (Å²) in [5.41, 5.74) is -1.14. The highest BCUT2D eigenvalue weighted by atomic mass is 35.5. The van der Waals surface area contributed by atoms with E-state index < -0.39 is 40.5 Å². The van der Waals surface area contributed by atoms with Crippen molar-refractivity contribution >= 4 is 51.9 Å². The zero-order valence-electron chi connectivity index (χ0n) is 20.7. The molecule has 3 heterocycles. The Balaban J connectivity index is 1.59. The van der Waals surface area contributed by atoms with Crippen LogP contribution in [0.5, 0.6) is 0 Å². The summed E-state index contributed by atoms with van der Waals surface area (Å²) in [6.45, 7) is 2.91. The van der Waals surface area contributed by atoms with Gasteiger partial charge in [-0.15, -0.1) is 0 Å². The molecule has 0 saturated carbocycles. The molecule has 0 saturated heterocycles. The first-order chi connectivity index (χ1) is 18.5. The lowest BCUT2D eigenvalue weighted by atomic mass is 10.2. The Morgan fingerprint density at radius 1 is 1.08 bits per heavy atom. The molecular weight excluding hydrogens is 561 g/mol. The summed E-state index contributed by atoms with van der Waals surface area (Å²) in [5, 5.41) is 10.5. The summed E-state index contributed by atoms with van der Waals surface area (Å²) in [5.74, 6) is -2.06. The highest BCUT2D eigenvalue weighted by Gasteiger charge is 2.34. The number of carbonyl (C=O) groups is 3. The predicted molar refractivity (Wildman–Crippen MR) is 141 cm³/mol. The van der Waals surface area contributed by atoms with Crippen LogP contribution in [0.3, 0.4) is 0 Å². The highest BCUT2D eigenvalue weighted by molar-refractivity contribution is 8.18. The van der Waals surface area contributed by atoms with E-state index in [1.807, 2.05) is 0 Å². The lowest BCUT2D eigenvalue weighted by Crippen LogP contribution is -2.39. The van der Waals surface area contributed by atoms with Crippen molar-refractivity contribution in [3.63, 3.8) is 0 Å². The fourth-order valence-electron chi connectivity index (χ4n) is 3.17. The number of aromatic nitrogens is 3. The van der Waals surface area contributed by atoms with Crippen LogP contribution < -0.4 is 21.3 Å². The maximum Gasteiger partial charge on any atom is 0.418 e. The number of nitrogens with zero attached hydrogens (tertiary/aromatic N) is 4. The van der Waals surface area contributed by atoms with Gasteiger partial charge < -0.3 is 21.3 Å². The quantitative estimate of drug-likeness (QED) is 0.311. The van der Waals surface area contributed by atoms with E-state index in [4.69, 9.17) is 11.6 Å². The number of amides is 3. The van der Waals surface area contributed by atoms with Crippen LogP contribution >= 0.6 is 23.4 Å². The topological polar surface area (TPSA) is 150 Å². The van der Waals surface area contributed by atoms with Gasteiger partial charge in [0.15, 0.2) is 0 Å². The fraction of sp³-hybridized carbons (Fsp3) is 0.348. The Morgan fingerprint density at radius 3 is 2.49 bits per heavy atom. The van der Waals surface area contributed by atoms with Gasteiger partial charge in [-0.2, -0.15) is 13.2 Å². The molecule has 0 radical (unpaired) electrons. The first kappa shape index (κ1) is 30.0. The normalized spacial score (nSPS) is 14.1. The molecule has 3 rings (SSSR count). The van der Waals surface area contributed by atoms with Crippen molar-refractivity contribution in [1.29, 1.82) is 0 Å². The van der Waals surface area contributed by atoms with Crippen molar-refractivity contribution in [1.82, 2.24) is 30.9 Å². The monoisotopic (exact) mass is 584 g/mol. The third-order valence-corrected chi connectivity index (χ3v) is 6.67. The van der Waals surface area contributed by atoms with Crippen LogP contribution in [0.15, 0.2) is 40.6 Å². The number of hydrogen-bond acceptors (Lipinski definition) is 9. The van der Waals surface area contributed by atoms with E-state index in [-0.39, 0.29) is 28.7 Å². The molecule has 0 unspecified atom stereocenters. The first-order valence-corrected chi connectivity index (χ1v) is 12.7. The van der Waals surface area contributed by atoms with Crippen molar-refractivity contribution < 1.29 is 27.6 Å². The number of pyridine rings is 1. The Hall–Kier alpha value is -3.56. The molecule has 0 aromatic carbocycles. The molecule has 1 aliphatic rings. The summed E-state index contributed by atoms with van der Waals surface area (Å²) in [7, 11) is 1.80. The molecule has 0 spiro atoms. The van der Waals surface area contributed by atoms with Gasteiger partial charge in [-0.05, 0) is 39.1 Å². The molecule has 11 nitrogen and oxygen atoms in total. The molecule has 1 aliphatic heterocycles. The van der Waals surface area contributed by atoms with Gasteiger partial charge in [-0.3, -0.25) is 19.4 Å². The van der Waals surface area contributed by atoms with Gasteiger partial charge in [-0.1, -0.05) is 23.4 Å². The second-order valence-corrected chi connectivity index (χ2v) is 9.52. The molecule has 39 heavy (non-hydrogen) atoms. The van der Waals surface area contributed by atoms with Crippen LogP contribution in [-0.4, -0.2) is 70.4 Å². The van der Waals surface area contributed by atoms with E-state index in [0.29, 0.717) is 17.7 Å². The van der Waals surface area contributed by atoms with E-state index in [9.17, 15) is 27.6 Å². The van der Waals surface area contributed by atoms with Crippen LogP contribution in [0.2, 0.25) is 5.02 Å². The lowest BCUT2D eigenvalue weighted by Gasteiger charge is -2.20. The minimum atomic E-state index is -4.72. The van der Waals surface area contributed by atoms with E-state index in [0.717, 1.165) is 37.3 Å². The number of halogens is 4. The van der Waals surface area contributed by atoms with Gasteiger partial charge in [0.1, 0.15) is 23.5 Å². The third-order valence-electron chi connectivity index (χ3n) is 5.10. The fourth-order valence-corrected chi connectivity index (χ4v) is 4.28. The van der Waals surface area contributed by atoms with Crippen molar-refractivity contribution in [2.45, 2.75) is 25.6 Å². The molecule has 2 aromatic rings. The number of anilines is 1. The van der Waals surface area contributed by atoms with Crippen LogP contribution in [-0.2, 0) is 11.0 Å². The molecular formula is C23H24ClF3N8O3S. The maximum absolute atomic E-state index is 13.1. The van der Waals surface area contributed by atoms with E-state index in [1.54, 1.807) is 14.0 Å². The number of aliphatic imine (C=N–C) groups is 1. The van der Waals surface area contributed by atoms with Crippen LogP contribution in [0, 0.1) is 0 Å². The molecule has 0 bridgehead atoms. The number of alkyl halides is 3. The van der Waals surface area contributed by atoms with Crippen LogP contribution in [0.1, 0.15) is 39.9 Å². The Labute approximate surface area is 230 Å². The molecule has 0 aliphatic carbocycles. The average molecular weight is 585 g/mol. The largest absolute Gasteiger partial charge is 0.418 e. The lowest BCUT2D eigenvalue weighted by molar-refractivity contribution is -0.137. The minimum Gasteiger partial charge on any atom is -0.351 e. The third kappa shape index (κ3) is 8.46. The summed E-state index contributed by atoms with van der Waals surface area (Å²) in [6, 6.07) is 1.25. The Kier molecular flexibility index (Phi) is 10.4. The molecule has 4 N–H and O–H groups in total. The van der Waals surface area contributed by atoms with Gasteiger partial charge in [0.25, 0.3) is 17.7 Å². The maximum atomic E-state index is 13.1. The number of carbonyl (C=O) groups excluding carboxylic acids is 3. The van der Waals surface area contributed by atoms with E-state index in [1.165, 1.54) is 12.1 Å². The molecule has 3 amide bonds. The van der Waals surface area contributed by atoms with Gasteiger partial charge in [0, 0.05) is 18.8 Å². The minimum absolute atomic E-state index is 0.0306. The van der Waals surface area contributed by atoms with Gasteiger partial charge in [-0.25, -0.2) is 15.0 Å². The summed E-state index contributed by atoms with van der Waals surface area (Å²) < 4.78 is 39.3. The van der Waals surface area contributed by atoms with Gasteiger partial charge in [0.05, 0.1) is 33.1 Å². The van der Waals surface area contributed by atoms with Crippen LogP contribution in [0.4, 0.5) is 19.0 Å². The first-order valence-electron chi connectivity index (χ1n) is 11.5. The van der Waals surface area contributed by atoms with Crippen molar-refractivity contribution in [2.24, 2.45) is 4.99 Å². The smallest absolute Gasteiger partial charge is 0.351 e. The number of thioether (sulfide) groups is 1. The zero-order chi connectivity index (χ0) is 28.6. The van der Waals surface area contributed by atoms with Gasteiger partial charge >= 0.3 is 6.18 Å².